The molecule has 4 aromatic heterocycles. The van der Waals surface area contributed by atoms with Crippen molar-refractivity contribution in [1.82, 2.24) is 49.5 Å². The van der Waals surface area contributed by atoms with Gasteiger partial charge in [0.05, 0.1) is 40.8 Å². The lowest BCUT2D eigenvalue weighted by Gasteiger charge is -2.48. The van der Waals surface area contributed by atoms with Gasteiger partial charge in [-0.2, -0.15) is 0 Å². The topological polar surface area (TPSA) is 195 Å². The molecule has 1 aromatic carbocycles. The number of hydrogen-bond donors (Lipinski definition) is 2. The van der Waals surface area contributed by atoms with Crippen LogP contribution in [0.15, 0.2) is 61.4 Å². The number of hydrogen-bond acceptors (Lipinski definition) is 13. The second-order valence-corrected chi connectivity index (χ2v) is 22.3. The number of benzene rings is 1. The molecule has 10 heterocycles. The quantitative estimate of drug-likeness (QED) is 0.142. The number of aromatic nitrogens is 6. The number of imidazole rings is 1. The number of carbonyl (C=O) groups excluding carboxylic acids is 5. The van der Waals surface area contributed by atoms with Crippen molar-refractivity contribution in [2.75, 3.05) is 67.5 Å². The maximum absolute atomic E-state index is 15.3. The molecule has 392 valence electrons. The first-order chi connectivity index (χ1) is 36.4. The molecular weight excluding hydrogens is 954 g/mol. The second-order valence-electron chi connectivity index (χ2n) is 22.3. The normalized spacial score (nSPS) is 23.7. The minimum absolute atomic E-state index is 0.0712. The van der Waals surface area contributed by atoms with Crippen molar-refractivity contribution in [2.45, 2.75) is 127 Å². The van der Waals surface area contributed by atoms with Crippen LogP contribution in [-0.4, -0.2) is 138 Å². The van der Waals surface area contributed by atoms with Crippen LogP contribution >= 0.6 is 0 Å². The zero-order valence-corrected chi connectivity index (χ0v) is 42.9. The Bertz CT molecular complexity index is 3020. The lowest BCUT2D eigenvalue weighted by atomic mass is 9.73. The number of amides is 5. The van der Waals surface area contributed by atoms with E-state index in [0.29, 0.717) is 120 Å². The van der Waals surface area contributed by atoms with Gasteiger partial charge in [-0.1, -0.05) is 18.6 Å². The zero-order chi connectivity index (χ0) is 51.5. The monoisotopic (exact) mass is 1020 g/mol. The molecule has 1 aliphatic carbocycles. The van der Waals surface area contributed by atoms with E-state index in [1.807, 2.05) is 20.4 Å². The summed E-state index contributed by atoms with van der Waals surface area (Å²) in [7, 11) is 0. The van der Waals surface area contributed by atoms with Crippen molar-refractivity contribution in [3.05, 3.63) is 78.4 Å². The van der Waals surface area contributed by atoms with Gasteiger partial charge in [0, 0.05) is 111 Å². The van der Waals surface area contributed by atoms with E-state index in [1.54, 1.807) is 31.0 Å². The van der Waals surface area contributed by atoms with Crippen molar-refractivity contribution in [2.24, 2.45) is 11.8 Å². The van der Waals surface area contributed by atoms with Crippen LogP contribution in [0.2, 0.25) is 0 Å². The Hall–Kier alpha value is -6.89. The Morgan fingerprint density at radius 2 is 1.48 bits per heavy atom. The van der Waals surface area contributed by atoms with E-state index in [1.165, 1.54) is 25.5 Å². The minimum atomic E-state index is -0.753. The number of carbonyl (C=O) groups is 5. The second kappa shape index (κ2) is 20.0. The predicted molar refractivity (Wildman–Crippen MR) is 279 cm³/mol. The van der Waals surface area contributed by atoms with Crippen LogP contribution < -0.4 is 20.4 Å². The molecule has 1 spiro atoms. The van der Waals surface area contributed by atoms with Crippen molar-refractivity contribution in [3.8, 4) is 11.3 Å². The van der Waals surface area contributed by atoms with Crippen molar-refractivity contribution in [3.63, 3.8) is 0 Å². The average molecular weight is 1020 g/mol. The van der Waals surface area contributed by atoms with Crippen molar-refractivity contribution in [1.29, 1.82) is 0 Å². The minimum Gasteiger partial charge on any atom is -0.342 e. The summed E-state index contributed by atoms with van der Waals surface area (Å²) in [5.74, 6) is -0.356. The van der Waals surface area contributed by atoms with Gasteiger partial charge in [0.2, 0.25) is 35.5 Å². The molecule has 19 heteroatoms. The molecule has 18 nitrogen and oxygen atoms in total. The molecule has 6 aliphatic heterocycles. The fourth-order valence-electron chi connectivity index (χ4n) is 13.2. The number of rotatable bonds is 10. The van der Waals surface area contributed by atoms with Crippen LogP contribution in [0.3, 0.4) is 0 Å². The van der Waals surface area contributed by atoms with Crippen LogP contribution in [0.4, 0.5) is 27.5 Å². The number of anilines is 4. The largest absolute Gasteiger partial charge is 0.342 e. The molecule has 75 heavy (non-hydrogen) atoms. The highest BCUT2D eigenvalue weighted by molar-refractivity contribution is 6.09. The lowest BCUT2D eigenvalue weighted by Crippen LogP contribution is -2.58. The molecule has 0 bridgehead atoms. The molecule has 0 radical (unpaired) electrons. The summed E-state index contributed by atoms with van der Waals surface area (Å²) in [6.07, 6.45) is 17.8. The number of halogens is 1. The standard InChI is InChI=1S/C56H66FN13O5/c1-34(2)69-33-61-46-29-45(63-50(49(46)69)62-44-10-17-58-32-43(44)57)37-6-8-42-47(26-37)70(40-27-39(28-40)65-18-4-3-5-19-65)54(75)56(42)15-24-67(25-16-56)53(74)35-11-20-66(21-12-35)52(73)36-13-22-68(23-14-36)55-59-30-38(31-60-55)41-7-9-48(71)64-51(41)72/h6,8,10,17,26,29-36,39-41H,3-5,7,9,11-16,18-25,27-28H2,1-2H3,(H,58,62,63)(H,64,71,72). The molecule has 5 amide bonds. The Morgan fingerprint density at radius 3 is 2.16 bits per heavy atom. The van der Waals surface area contributed by atoms with Gasteiger partial charge in [-0.05, 0) is 121 Å². The molecule has 1 saturated carbocycles. The maximum atomic E-state index is 15.3. The third kappa shape index (κ3) is 9.07. The first-order valence-corrected chi connectivity index (χ1v) is 27.4. The van der Waals surface area contributed by atoms with Crippen LogP contribution in [0, 0.1) is 17.7 Å². The van der Waals surface area contributed by atoms with E-state index in [0.717, 1.165) is 53.8 Å². The van der Waals surface area contributed by atoms with Crippen LogP contribution in [0.5, 0.6) is 0 Å². The van der Waals surface area contributed by atoms with Gasteiger partial charge in [0.15, 0.2) is 11.6 Å². The number of nitrogens with zero attached hydrogens (tertiary/aromatic N) is 11. The molecule has 5 saturated heterocycles. The third-order valence-electron chi connectivity index (χ3n) is 17.7. The highest BCUT2D eigenvalue weighted by Crippen LogP contribution is 2.52. The number of piperidine rings is 5. The van der Waals surface area contributed by atoms with Crippen LogP contribution in [-0.2, 0) is 29.4 Å². The number of imide groups is 1. The smallest absolute Gasteiger partial charge is 0.238 e. The fraction of sp³-hybridized carbons (Fsp3) is 0.536. The summed E-state index contributed by atoms with van der Waals surface area (Å²) in [5, 5.41) is 5.64. The van der Waals surface area contributed by atoms with E-state index >= 15 is 9.18 Å². The molecule has 1 atom stereocenters. The highest BCUT2D eigenvalue weighted by Gasteiger charge is 2.56. The van der Waals surface area contributed by atoms with E-state index in [2.05, 4.69) is 72.3 Å². The Kier molecular flexibility index (Phi) is 13.1. The van der Waals surface area contributed by atoms with Crippen LogP contribution in [0.25, 0.3) is 22.3 Å². The fourth-order valence-corrected chi connectivity index (χ4v) is 13.2. The molecule has 5 aromatic rings. The highest BCUT2D eigenvalue weighted by atomic mass is 19.1. The number of nitrogens with one attached hydrogen (secondary N) is 2. The zero-order valence-electron chi connectivity index (χ0n) is 42.9. The van der Waals surface area contributed by atoms with Gasteiger partial charge < -0.3 is 34.4 Å². The number of fused-ring (bicyclic) bond motifs is 3. The van der Waals surface area contributed by atoms with E-state index in [-0.39, 0.29) is 59.1 Å². The van der Waals surface area contributed by atoms with Crippen molar-refractivity contribution >= 4 is 63.7 Å². The first-order valence-electron chi connectivity index (χ1n) is 27.4. The third-order valence-corrected chi connectivity index (χ3v) is 17.7. The van der Waals surface area contributed by atoms with Crippen molar-refractivity contribution < 1.29 is 28.4 Å². The predicted octanol–water partition coefficient (Wildman–Crippen LogP) is 6.65. The Balaban J connectivity index is 0.712. The summed E-state index contributed by atoms with van der Waals surface area (Å²) in [5.41, 5.74) is 5.10. The van der Waals surface area contributed by atoms with Gasteiger partial charge in [0.1, 0.15) is 5.52 Å². The molecule has 12 rings (SSSR count). The summed E-state index contributed by atoms with van der Waals surface area (Å²) >= 11 is 0. The van der Waals surface area contributed by atoms with Gasteiger partial charge in [-0.25, -0.2) is 24.3 Å². The Labute approximate surface area is 435 Å². The number of likely N-dealkylation sites (tertiary alicyclic amines) is 3. The van der Waals surface area contributed by atoms with Gasteiger partial charge in [-0.3, -0.25) is 34.3 Å². The average Bonchev–Trinajstić information content (AvgIpc) is 3.96. The summed E-state index contributed by atoms with van der Waals surface area (Å²) in [6, 6.07) is 10.5. The Morgan fingerprint density at radius 1 is 0.787 bits per heavy atom. The van der Waals surface area contributed by atoms with Gasteiger partial charge >= 0.3 is 0 Å². The van der Waals surface area contributed by atoms with Gasteiger partial charge in [-0.15, -0.1) is 0 Å². The first kappa shape index (κ1) is 49.0. The molecular formula is C56H66FN13O5. The lowest BCUT2D eigenvalue weighted by molar-refractivity contribution is -0.144. The van der Waals surface area contributed by atoms with Gasteiger partial charge in [0.25, 0.3) is 0 Å². The SMILES string of the molecule is CC(C)n1cnc2cc(-c3ccc4c(c3)N(C3CC(N5CCCCC5)C3)C(=O)C43CCN(C(=O)C4CCN(C(=O)C5CCN(c6ncc(C7CCC(=O)NC7=O)cn6)CC5)CC4)CC3)nc(Nc3ccncc3F)c21. The molecule has 6 fully saturated rings. The maximum Gasteiger partial charge on any atom is 0.238 e. The summed E-state index contributed by atoms with van der Waals surface area (Å²) in [6.45, 7) is 9.69. The summed E-state index contributed by atoms with van der Waals surface area (Å²) < 4.78 is 17.1. The molecule has 1 unspecified atom stereocenters. The molecule has 7 aliphatic rings. The van der Waals surface area contributed by atoms with E-state index in [4.69, 9.17) is 9.97 Å². The van der Waals surface area contributed by atoms with E-state index in [9.17, 15) is 19.2 Å². The summed E-state index contributed by atoms with van der Waals surface area (Å²) in [4.78, 5) is 101. The number of pyridine rings is 2. The molecule has 2 N–H and O–H groups in total. The van der Waals surface area contributed by atoms with Crippen LogP contribution in [0.1, 0.15) is 120 Å². The van der Waals surface area contributed by atoms with E-state index < -0.39 is 17.2 Å².